The number of nitrogens with zero attached hydrogens (tertiary/aromatic N) is 2. The van der Waals surface area contributed by atoms with Gasteiger partial charge in [-0.1, -0.05) is 24.4 Å². The first kappa shape index (κ1) is 13.9. The number of thiocarbonyl (C=S) groups is 1. The third-order valence-electron chi connectivity index (χ3n) is 3.55. The molecule has 1 unspecified atom stereocenters. The van der Waals surface area contributed by atoms with Crippen molar-refractivity contribution >= 4 is 34.0 Å². The number of pyridine rings is 1. The Balaban J connectivity index is 1.92. The van der Waals surface area contributed by atoms with Crippen LogP contribution in [0.5, 0.6) is 0 Å². The van der Waals surface area contributed by atoms with E-state index in [-0.39, 0.29) is 17.0 Å². The molecule has 2 aromatic rings. The second-order valence-corrected chi connectivity index (χ2v) is 5.36. The number of rotatable bonds is 2. The van der Waals surface area contributed by atoms with E-state index in [4.69, 9.17) is 22.7 Å². The number of carbonyl (C=O) groups is 1. The molecule has 0 radical (unpaired) electrons. The fourth-order valence-electron chi connectivity index (χ4n) is 2.47. The smallest absolute Gasteiger partial charge is 0.254 e. The number of hydrogen-bond donors (Lipinski definition) is 1. The first-order valence-electron chi connectivity index (χ1n) is 6.71. The van der Waals surface area contributed by atoms with Crippen LogP contribution in [-0.4, -0.2) is 46.6 Å². The Morgan fingerprint density at radius 1 is 1.38 bits per heavy atom. The van der Waals surface area contributed by atoms with E-state index in [1.54, 1.807) is 11.1 Å². The van der Waals surface area contributed by atoms with Gasteiger partial charge in [0.05, 0.1) is 18.7 Å². The van der Waals surface area contributed by atoms with Gasteiger partial charge in [-0.15, -0.1) is 0 Å². The monoisotopic (exact) mass is 301 g/mol. The Kier molecular flexibility index (Phi) is 3.81. The van der Waals surface area contributed by atoms with E-state index in [0.29, 0.717) is 25.3 Å². The Labute approximate surface area is 127 Å². The standard InChI is InChI=1S/C15H15N3O2S/c16-14(21)13-9-18(7-8-20-13)15(19)11-3-1-5-12-10(11)4-2-6-17-12/h1-6,13H,7-9H2,(H2,16,21). The molecule has 3 rings (SSSR count). The van der Waals surface area contributed by atoms with E-state index in [2.05, 4.69) is 4.98 Å². The summed E-state index contributed by atoms with van der Waals surface area (Å²) in [7, 11) is 0. The molecule has 1 aromatic heterocycles. The van der Waals surface area contributed by atoms with Crippen molar-refractivity contribution in [2.45, 2.75) is 6.10 Å². The predicted molar refractivity (Wildman–Crippen MR) is 84.2 cm³/mol. The number of fused-ring (bicyclic) bond motifs is 1. The van der Waals surface area contributed by atoms with Crippen LogP contribution in [0.25, 0.3) is 10.9 Å². The molecular weight excluding hydrogens is 286 g/mol. The summed E-state index contributed by atoms with van der Waals surface area (Å²) in [5.41, 5.74) is 7.07. The molecule has 1 atom stereocenters. The molecule has 0 saturated carbocycles. The van der Waals surface area contributed by atoms with Gasteiger partial charge in [-0.25, -0.2) is 0 Å². The van der Waals surface area contributed by atoms with Crippen molar-refractivity contribution in [1.29, 1.82) is 0 Å². The second kappa shape index (κ2) is 5.75. The molecule has 21 heavy (non-hydrogen) atoms. The first-order valence-corrected chi connectivity index (χ1v) is 7.11. The molecule has 1 aliphatic heterocycles. The van der Waals surface area contributed by atoms with Gasteiger partial charge in [0.2, 0.25) is 0 Å². The van der Waals surface area contributed by atoms with E-state index >= 15 is 0 Å². The average molecular weight is 301 g/mol. The number of amides is 1. The molecule has 5 nitrogen and oxygen atoms in total. The second-order valence-electron chi connectivity index (χ2n) is 4.89. The summed E-state index contributed by atoms with van der Waals surface area (Å²) in [6, 6.07) is 9.28. The summed E-state index contributed by atoms with van der Waals surface area (Å²) in [6.45, 7) is 1.37. The number of ether oxygens (including phenoxy) is 1. The molecule has 0 aliphatic carbocycles. The molecule has 2 N–H and O–H groups in total. The fourth-order valence-corrected chi connectivity index (χ4v) is 2.61. The largest absolute Gasteiger partial charge is 0.391 e. The summed E-state index contributed by atoms with van der Waals surface area (Å²) < 4.78 is 5.47. The number of aromatic nitrogens is 1. The maximum Gasteiger partial charge on any atom is 0.254 e. The highest BCUT2D eigenvalue weighted by Crippen LogP contribution is 2.19. The van der Waals surface area contributed by atoms with Crippen molar-refractivity contribution in [3.05, 3.63) is 42.1 Å². The molecule has 1 saturated heterocycles. The van der Waals surface area contributed by atoms with Crippen molar-refractivity contribution in [2.24, 2.45) is 5.73 Å². The Bertz CT molecular complexity index is 699. The van der Waals surface area contributed by atoms with Crippen molar-refractivity contribution in [3.63, 3.8) is 0 Å². The van der Waals surface area contributed by atoms with Gasteiger partial charge in [-0.2, -0.15) is 0 Å². The minimum atomic E-state index is -0.370. The third kappa shape index (κ3) is 2.72. The lowest BCUT2D eigenvalue weighted by Crippen LogP contribution is -2.49. The van der Waals surface area contributed by atoms with Crippen LogP contribution in [0.3, 0.4) is 0 Å². The molecule has 2 heterocycles. The zero-order valence-electron chi connectivity index (χ0n) is 11.4. The average Bonchev–Trinajstić information content (AvgIpc) is 2.53. The Morgan fingerprint density at radius 3 is 3.05 bits per heavy atom. The number of benzene rings is 1. The number of nitrogens with two attached hydrogens (primary N) is 1. The highest BCUT2D eigenvalue weighted by molar-refractivity contribution is 7.80. The zero-order chi connectivity index (χ0) is 14.8. The van der Waals surface area contributed by atoms with Crippen LogP contribution in [-0.2, 0) is 4.74 Å². The SMILES string of the molecule is NC(=S)C1CN(C(=O)c2cccc3ncccc23)CCO1. The van der Waals surface area contributed by atoms with E-state index < -0.39 is 0 Å². The summed E-state index contributed by atoms with van der Waals surface area (Å²) in [5.74, 6) is -0.0434. The number of morpholine rings is 1. The van der Waals surface area contributed by atoms with Gasteiger partial charge in [0.25, 0.3) is 5.91 Å². The molecule has 1 fully saturated rings. The molecule has 1 amide bonds. The molecule has 1 aliphatic rings. The van der Waals surface area contributed by atoms with Crippen LogP contribution < -0.4 is 5.73 Å². The lowest BCUT2D eigenvalue weighted by molar-refractivity contribution is 0.00888. The highest BCUT2D eigenvalue weighted by Gasteiger charge is 2.27. The minimum Gasteiger partial charge on any atom is -0.391 e. The molecule has 6 heteroatoms. The normalized spacial score (nSPS) is 18.7. The topological polar surface area (TPSA) is 68.5 Å². The van der Waals surface area contributed by atoms with Crippen molar-refractivity contribution < 1.29 is 9.53 Å². The van der Waals surface area contributed by atoms with Crippen LogP contribution in [0.15, 0.2) is 36.5 Å². The van der Waals surface area contributed by atoms with Crippen LogP contribution in [0.4, 0.5) is 0 Å². The molecule has 0 bridgehead atoms. The minimum absolute atomic E-state index is 0.0434. The summed E-state index contributed by atoms with van der Waals surface area (Å²) >= 11 is 4.95. The van der Waals surface area contributed by atoms with E-state index in [9.17, 15) is 4.79 Å². The summed E-state index contributed by atoms with van der Waals surface area (Å²) in [5, 5.41) is 0.850. The number of hydrogen-bond acceptors (Lipinski definition) is 4. The molecule has 1 aromatic carbocycles. The molecule has 0 spiro atoms. The van der Waals surface area contributed by atoms with Crippen molar-refractivity contribution in [2.75, 3.05) is 19.7 Å². The van der Waals surface area contributed by atoms with Crippen LogP contribution in [0.2, 0.25) is 0 Å². The van der Waals surface area contributed by atoms with Crippen LogP contribution in [0.1, 0.15) is 10.4 Å². The molecular formula is C15H15N3O2S. The van der Waals surface area contributed by atoms with Gasteiger partial charge in [0, 0.05) is 23.7 Å². The van der Waals surface area contributed by atoms with Gasteiger partial charge in [-0.3, -0.25) is 9.78 Å². The maximum atomic E-state index is 12.7. The van der Waals surface area contributed by atoms with Gasteiger partial charge in [-0.05, 0) is 18.2 Å². The zero-order valence-corrected chi connectivity index (χ0v) is 12.2. The van der Waals surface area contributed by atoms with E-state index in [1.165, 1.54) is 0 Å². The quantitative estimate of drug-likeness (QED) is 0.848. The van der Waals surface area contributed by atoms with Crippen molar-refractivity contribution in [1.82, 2.24) is 9.88 Å². The van der Waals surface area contributed by atoms with Gasteiger partial charge < -0.3 is 15.4 Å². The fraction of sp³-hybridized carbons (Fsp3) is 0.267. The van der Waals surface area contributed by atoms with Gasteiger partial charge in [0.15, 0.2) is 0 Å². The van der Waals surface area contributed by atoms with Crippen LogP contribution >= 0.6 is 12.2 Å². The Morgan fingerprint density at radius 2 is 2.24 bits per heavy atom. The summed E-state index contributed by atoms with van der Waals surface area (Å²) in [6.07, 6.45) is 1.35. The highest BCUT2D eigenvalue weighted by atomic mass is 32.1. The van der Waals surface area contributed by atoms with E-state index in [0.717, 1.165) is 10.9 Å². The van der Waals surface area contributed by atoms with E-state index in [1.807, 2.05) is 30.3 Å². The van der Waals surface area contributed by atoms with Crippen LogP contribution in [0, 0.1) is 0 Å². The van der Waals surface area contributed by atoms with Gasteiger partial charge in [0.1, 0.15) is 11.1 Å². The lowest BCUT2D eigenvalue weighted by atomic mass is 10.1. The van der Waals surface area contributed by atoms with Gasteiger partial charge >= 0.3 is 0 Å². The molecule has 108 valence electrons. The number of carbonyl (C=O) groups excluding carboxylic acids is 1. The lowest BCUT2D eigenvalue weighted by Gasteiger charge is -2.32. The van der Waals surface area contributed by atoms with Crippen molar-refractivity contribution in [3.8, 4) is 0 Å². The Hall–Kier alpha value is -2.05. The third-order valence-corrected chi connectivity index (χ3v) is 3.81. The predicted octanol–water partition coefficient (Wildman–Crippen LogP) is 1.36. The summed E-state index contributed by atoms with van der Waals surface area (Å²) in [4.78, 5) is 19.0. The first-order chi connectivity index (χ1) is 10.2. The maximum absolute atomic E-state index is 12.7.